The van der Waals surface area contributed by atoms with Crippen LogP contribution in [0.4, 0.5) is 0 Å². The van der Waals surface area contributed by atoms with Crippen molar-refractivity contribution in [1.82, 2.24) is 14.4 Å². The SMILES string of the molecule is N#Cc1c(-c2ccccc2)nc(-c2ccccc2)c2nc(Cc3ccco3)c(O)n12. The van der Waals surface area contributed by atoms with Gasteiger partial charge < -0.3 is 9.52 Å². The topological polar surface area (TPSA) is 87.3 Å². The maximum Gasteiger partial charge on any atom is 0.220 e. The zero-order chi connectivity index (χ0) is 20.5. The first-order valence-corrected chi connectivity index (χ1v) is 9.44. The highest BCUT2D eigenvalue weighted by molar-refractivity contribution is 5.80. The molecule has 3 heterocycles. The number of hydrogen-bond acceptors (Lipinski definition) is 5. The summed E-state index contributed by atoms with van der Waals surface area (Å²) in [6.45, 7) is 0. The highest BCUT2D eigenvalue weighted by Crippen LogP contribution is 2.34. The lowest BCUT2D eigenvalue weighted by Gasteiger charge is -2.11. The normalized spacial score (nSPS) is 10.9. The van der Waals surface area contributed by atoms with Crippen molar-refractivity contribution in [3.63, 3.8) is 0 Å². The Bertz CT molecular complexity index is 1370. The van der Waals surface area contributed by atoms with Crippen LogP contribution >= 0.6 is 0 Å². The van der Waals surface area contributed by atoms with Gasteiger partial charge in [0.15, 0.2) is 11.3 Å². The number of furan rings is 1. The minimum Gasteiger partial charge on any atom is -0.493 e. The second-order valence-electron chi connectivity index (χ2n) is 6.80. The maximum absolute atomic E-state index is 11.0. The summed E-state index contributed by atoms with van der Waals surface area (Å²) < 4.78 is 6.89. The molecule has 3 aromatic heterocycles. The summed E-state index contributed by atoms with van der Waals surface area (Å²) in [6, 6.07) is 24.9. The molecule has 0 aliphatic heterocycles. The minimum absolute atomic E-state index is 0.0882. The second-order valence-corrected chi connectivity index (χ2v) is 6.80. The molecule has 0 saturated heterocycles. The molecule has 5 rings (SSSR count). The molecule has 1 N–H and O–H groups in total. The fourth-order valence-corrected chi connectivity index (χ4v) is 3.54. The Kier molecular flexibility index (Phi) is 4.26. The number of hydrogen-bond donors (Lipinski definition) is 1. The summed E-state index contributed by atoms with van der Waals surface area (Å²) in [4.78, 5) is 9.47. The van der Waals surface area contributed by atoms with Crippen molar-refractivity contribution in [3.05, 3.63) is 96.2 Å². The molecule has 0 spiro atoms. The van der Waals surface area contributed by atoms with Gasteiger partial charge in [-0.25, -0.2) is 14.4 Å². The molecule has 0 unspecified atom stereocenters. The van der Waals surface area contributed by atoms with E-state index < -0.39 is 0 Å². The van der Waals surface area contributed by atoms with E-state index in [0.717, 1.165) is 11.1 Å². The zero-order valence-corrected chi connectivity index (χ0v) is 15.9. The van der Waals surface area contributed by atoms with E-state index in [4.69, 9.17) is 9.40 Å². The van der Waals surface area contributed by atoms with Crippen LogP contribution in [0.5, 0.6) is 5.88 Å². The van der Waals surface area contributed by atoms with Crippen LogP contribution in [-0.2, 0) is 6.42 Å². The predicted molar refractivity (Wildman–Crippen MR) is 112 cm³/mol. The van der Waals surface area contributed by atoms with Crippen molar-refractivity contribution < 1.29 is 9.52 Å². The average molecular weight is 392 g/mol. The van der Waals surface area contributed by atoms with Gasteiger partial charge in [-0.3, -0.25) is 0 Å². The van der Waals surface area contributed by atoms with E-state index in [1.54, 1.807) is 12.3 Å². The molecule has 0 amide bonds. The summed E-state index contributed by atoms with van der Waals surface area (Å²) in [7, 11) is 0. The van der Waals surface area contributed by atoms with Crippen molar-refractivity contribution >= 4 is 5.65 Å². The maximum atomic E-state index is 11.0. The number of benzene rings is 2. The van der Waals surface area contributed by atoms with E-state index in [1.807, 2.05) is 66.7 Å². The van der Waals surface area contributed by atoms with Crippen molar-refractivity contribution in [3.8, 4) is 34.5 Å². The van der Waals surface area contributed by atoms with Gasteiger partial charge in [0.2, 0.25) is 5.88 Å². The Morgan fingerprint density at radius 1 is 0.867 bits per heavy atom. The van der Waals surface area contributed by atoms with Crippen molar-refractivity contribution in [2.75, 3.05) is 0 Å². The van der Waals surface area contributed by atoms with Gasteiger partial charge in [0.1, 0.15) is 28.9 Å². The molecule has 0 saturated carbocycles. The number of nitriles is 1. The minimum atomic E-state index is -0.0882. The van der Waals surface area contributed by atoms with Crippen molar-refractivity contribution in [2.45, 2.75) is 6.42 Å². The quantitative estimate of drug-likeness (QED) is 0.474. The van der Waals surface area contributed by atoms with Gasteiger partial charge in [0, 0.05) is 11.1 Å². The first-order valence-electron chi connectivity index (χ1n) is 9.44. The smallest absolute Gasteiger partial charge is 0.220 e. The third kappa shape index (κ3) is 2.90. The lowest BCUT2D eigenvalue weighted by molar-refractivity contribution is 0.437. The lowest BCUT2D eigenvalue weighted by atomic mass is 10.1. The molecule has 6 heteroatoms. The Balaban J connectivity index is 1.84. The lowest BCUT2D eigenvalue weighted by Crippen LogP contribution is -2.02. The molecule has 30 heavy (non-hydrogen) atoms. The number of nitrogens with zero attached hydrogens (tertiary/aromatic N) is 4. The van der Waals surface area contributed by atoms with Crippen LogP contribution < -0.4 is 0 Å². The number of aromatic hydroxyl groups is 1. The molecule has 0 aliphatic carbocycles. The molecule has 0 fully saturated rings. The number of rotatable bonds is 4. The van der Waals surface area contributed by atoms with Gasteiger partial charge in [-0.05, 0) is 12.1 Å². The van der Waals surface area contributed by atoms with Crippen LogP contribution in [0.3, 0.4) is 0 Å². The van der Waals surface area contributed by atoms with Crippen LogP contribution in [0.2, 0.25) is 0 Å². The fraction of sp³-hybridized carbons (Fsp3) is 0.0417. The molecule has 144 valence electrons. The molecule has 2 aromatic carbocycles. The van der Waals surface area contributed by atoms with E-state index >= 15 is 0 Å². The second kappa shape index (κ2) is 7.22. The molecular formula is C24H16N4O2. The van der Waals surface area contributed by atoms with Crippen LogP contribution in [0, 0.1) is 11.3 Å². The van der Waals surface area contributed by atoms with Gasteiger partial charge in [0.05, 0.1) is 12.7 Å². The summed E-state index contributed by atoms with van der Waals surface area (Å²) >= 11 is 0. The molecule has 0 atom stereocenters. The third-order valence-corrected chi connectivity index (χ3v) is 4.93. The highest BCUT2D eigenvalue weighted by Gasteiger charge is 2.23. The van der Waals surface area contributed by atoms with Gasteiger partial charge in [-0.2, -0.15) is 5.26 Å². The van der Waals surface area contributed by atoms with Crippen molar-refractivity contribution in [2.24, 2.45) is 0 Å². The molecule has 0 aliphatic rings. The Morgan fingerprint density at radius 3 is 2.13 bits per heavy atom. The first kappa shape index (κ1) is 17.7. The van der Waals surface area contributed by atoms with Gasteiger partial charge in [-0.15, -0.1) is 0 Å². The third-order valence-electron chi connectivity index (χ3n) is 4.93. The van der Waals surface area contributed by atoms with Crippen molar-refractivity contribution in [1.29, 1.82) is 5.26 Å². The zero-order valence-electron chi connectivity index (χ0n) is 15.9. The number of fused-ring (bicyclic) bond motifs is 1. The van der Waals surface area contributed by atoms with Gasteiger partial charge in [0.25, 0.3) is 0 Å². The summed E-state index contributed by atoms with van der Waals surface area (Å²) in [5, 5.41) is 21.0. The number of aromatic nitrogens is 3. The standard InChI is InChI=1S/C24H16N4O2/c25-15-20-21(16-8-3-1-4-9-16)27-22(17-10-5-2-6-11-17)23-26-19(24(29)28(20)23)14-18-12-7-13-30-18/h1-13,29H,14H2. The molecule has 0 bridgehead atoms. The molecular weight excluding hydrogens is 376 g/mol. The van der Waals surface area contributed by atoms with Crippen LogP contribution in [-0.4, -0.2) is 19.5 Å². The molecule has 0 radical (unpaired) electrons. The first-order chi connectivity index (χ1) is 14.8. The van der Waals surface area contributed by atoms with E-state index in [2.05, 4.69) is 11.1 Å². The number of imidazole rings is 1. The van der Waals surface area contributed by atoms with E-state index in [1.165, 1.54) is 4.40 Å². The van der Waals surface area contributed by atoms with Crippen LogP contribution in [0.15, 0.2) is 83.5 Å². The molecule has 6 nitrogen and oxygen atoms in total. The summed E-state index contributed by atoms with van der Waals surface area (Å²) in [6.07, 6.45) is 1.88. The predicted octanol–water partition coefficient (Wildman–Crippen LogP) is 4.82. The monoisotopic (exact) mass is 392 g/mol. The highest BCUT2D eigenvalue weighted by atomic mass is 16.3. The fourth-order valence-electron chi connectivity index (χ4n) is 3.54. The van der Waals surface area contributed by atoms with Gasteiger partial charge in [-0.1, -0.05) is 60.7 Å². The Labute approximate surface area is 172 Å². The van der Waals surface area contributed by atoms with Crippen LogP contribution in [0.25, 0.3) is 28.2 Å². The Morgan fingerprint density at radius 2 is 1.53 bits per heavy atom. The van der Waals surface area contributed by atoms with E-state index in [-0.39, 0.29) is 11.6 Å². The molecule has 5 aromatic rings. The van der Waals surface area contributed by atoms with E-state index in [9.17, 15) is 10.4 Å². The summed E-state index contributed by atoms with van der Waals surface area (Å²) in [5.41, 5.74) is 3.79. The van der Waals surface area contributed by atoms with Gasteiger partial charge >= 0.3 is 0 Å². The van der Waals surface area contributed by atoms with Crippen LogP contribution in [0.1, 0.15) is 17.1 Å². The average Bonchev–Trinajstić information content (AvgIpc) is 3.42. The Hall–Kier alpha value is -4.37. The largest absolute Gasteiger partial charge is 0.493 e. The van der Waals surface area contributed by atoms with E-state index in [0.29, 0.717) is 34.9 Å². The summed E-state index contributed by atoms with van der Waals surface area (Å²) in [5.74, 6) is 0.583.